The van der Waals surface area contributed by atoms with Crippen LogP contribution in [0.2, 0.25) is 0 Å². The summed E-state index contributed by atoms with van der Waals surface area (Å²) in [5.41, 5.74) is -0.630. The van der Waals surface area contributed by atoms with Gasteiger partial charge in [0, 0.05) is 6.61 Å². The van der Waals surface area contributed by atoms with E-state index >= 15 is 0 Å². The fraction of sp³-hybridized carbons (Fsp3) is 0.933. The van der Waals surface area contributed by atoms with Crippen LogP contribution in [0.25, 0.3) is 0 Å². The van der Waals surface area contributed by atoms with Gasteiger partial charge in [0.2, 0.25) is 0 Å². The van der Waals surface area contributed by atoms with Crippen molar-refractivity contribution in [1.29, 1.82) is 0 Å². The van der Waals surface area contributed by atoms with Crippen molar-refractivity contribution in [3.63, 3.8) is 0 Å². The lowest BCUT2D eigenvalue weighted by Crippen LogP contribution is -2.58. The van der Waals surface area contributed by atoms with Crippen LogP contribution < -0.4 is 5.32 Å². The summed E-state index contributed by atoms with van der Waals surface area (Å²) in [5, 5.41) is 3.31. The zero-order valence-corrected chi connectivity index (χ0v) is 12.8. The number of carbonyl (C=O) groups excluding carboxylic acids is 1. The van der Waals surface area contributed by atoms with Crippen LogP contribution in [0.1, 0.15) is 46.5 Å². The van der Waals surface area contributed by atoms with Gasteiger partial charge in [-0.1, -0.05) is 27.2 Å². The molecule has 19 heavy (non-hydrogen) atoms. The van der Waals surface area contributed by atoms with Crippen molar-refractivity contribution >= 4 is 5.97 Å². The van der Waals surface area contributed by atoms with E-state index in [0.29, 0.717) is 25.0 Å². The van der Waals surface area contributed by atoms with Crippen molar-refractivity contribution < 1.29 is 14.3 Å². The van der Waals surface area contributed by atoms with Crippen LogP contribution in [0.3, 0.4) is 0 Å². The quantitative estimate of drug-likeness (QED) is 0.620. The van der Waals surface area contributed by atoms with Crippen LogP contribution in [0.5, 0.6) is 0 Å². The maximum atomic E-state index is 12.1. The number of carbonyl (C=O) groups is 1. The Labute approximate surface area is 117 Å². The molecule has 0 heterocycles. The van der Waals surface area contributed by atoms with E-state index in [1.165, 1.54) is 13.5 Å². The molecule has 0 bridgehead atoms. The number of methoxy groups -OCH3 is 1. The topological polar surface area (TPSA) is 47.6 Å². The predicted octanol–water partition coefficient (Wildman–Crippen LogP) is 2.37. The Balaban J connectivity index is 2.56. The van der Waals surface area contributed by atoms with Crippen LogP contribution in [0, 0.1) is 11.8 Å². The number of hydrogen-bond acceptors (Lipinski definition) is 4. The second kappa shape index (κ2) is 7.85. The molecule has 1 fully saturated rings. The highest BCUT2D eigenvalue weighted by atomic mass is 16.5. The molecular formula is C15H29NO3. The largest absolute Gasteiger partial charge is 0.468 e. The van der Waals surface area contributed by atoms with Gasteiger partial charge in [0.25, 0.3) is 0 Å². The summed E-state index contributed by atoms with van der Waals surface area (Å²) in [4.78, 5) is 12.1. The van der Waals surface area contributed by atoms with E-state index in [9.17, 15) is 4.79 Å². The molecule has 1 rings (SSSR count). The third-order valence-corrected chi connectivity index (χ3v) is 3.83. The molecule has 0 aromatic heterocycles. The van der Waals surface area contributed by atoms with E-state index in [-0.39, 0.29) is 5.97 Å². The van der Waals surface area contributed by atoms with Crippen molar-refractivity contribution in [2.45, 2.75) is 52.0 Å². The fourth-order valence-electron chi connectivity index (χ4n) is 2.68. The van der Waals surface area contributed by atoms with Crippen LogP contribution in [0.15, 0.2) is 0 Å². The highest BCUT2D eigenvalue weighted by Crippen LogP contribution is 2.40. The molecule has 0 aromatic carbocycles. The molecule has 2 unspecified atom stereocenters. The number of rotatable bonds is 10. The predicted molar refractivity (Wildman–Crippen MR) is 76.0 cm³/mol. The molecule has 4 nitrogen and oxygen atoms in total. The molecule has 0 aromatic rings. The summed E-state index contributed by atoms with van der Waals surface area (Å²) in [5.74, 6) is 0.725. The number of likely N-dealkylation sites (N-methyl/N-ethyl adjacent to an activating group) is 1. The summed E-state index contributed by atoms with van der Waals surface area (Å²) in [6.45, 7) is 8.27. The number of esters is 1. The van der Waals surface area contributed by atoms with E-state index in [1.807, 2.05) is 6.92 Å². The first-order valence-electron chi connectivity index (χ1n) is 7.51. The van der Waals surface area contributed by atoms with E-state index < -0.39 is 5.54 Å². The van der Waals surface area contributed by atoms with Crippen molar-refractivity contribution in [3.8, 4) is 0 Å². The summed E-state index contributed by atoms with van der Waals surface area (Å²) >= 11 is 0. The van der Waals surface area contributed by atoms with Crippen molar-refractivity contribution in [2.75, 3.05) is 26.9 Å². The average molecular weight is 271 g/mol. The second-order valence-electron chi connectivity index (χ2n) is 5.68. The van der Waals surface area contributed by atoms with Gasteiger partial charge in [0.05, 0.1) is 13.7 Å². The van der Waals surface area contributed by atoms with E-state index in [1.54, 1.807) is 0 Å². The molecule has 0 aliphatic heterocycles. The number of nitrogens with one attached hydrogen (secondary N) is 1. The van der Waals surface area contributed by atoms with E-state index in [4.69, 9.17) is 9.47 Å². The fourth-order valence-corrected chi connectivity index (χ4v) is 2.68. The Hall–Kier alpha value is -0.610. The molecule has 0 radical (unpaired) electrons. The standard InChI is InChI=1S/C15H29NO3/c1-5-7-12(3)10-19-11-15(16-6-2,13-8-9-13)14(17)18-4/h12-13,16H,5-11H2,1-4H3. The molecule has 1 aliphatic carbocycles. The molecule has 0 amide bonds. The number of ether oxygens (including phenoxy) is 2. The summed E-state index contributed by atoms with van der Waals surface area (Å²) in [6.07, 6.45) is 4.49. The van der Waals surface area contributed by atoms with Crippen LogP contribution in [-0.2, 0) is 14.3 Å². The lowest BCUT2D eigenvalue weighted by molar-refractivity contribution is -0.153. The second-order valence-corrected chi connectivity index (χ2v) is 5.68. The van der Waals surface area contributed by atoms with Gasteiger partial charge in [-0.25, -0.2) is 4.79 Å². The SMILES string of the molecule is CCCC(C)COCC(NCC)(C(=O)OC)C1CC1. The van der Waals surface area contributed by atoms with E-state index in [0.717, 1.165) is 25.8 Å². The molecule has 2 atom stereocenters. The summed E-state index contributed by atoms with van der Waals surface area (Å²) in [6, 6.07) is 0. The van der Waals surface area contributed by atoms with Crippen molar-refractivity contribution in [3.05, 3.63) is 0 Å². The van der Waals surface area contributed by atoms with Crippen LogP contribution >= 0.6 is 0 Å². The van der Waals surface area contributed by atoms with Gasteiger partial charge in [-0.15, -0.1) is 0 Å². The zero-order chi connectivity index (χ0) is 14.3. The first-order chi connectivity index (χ1) is 9.10. The first-order valence-corrected chi connectivity index (χ1v) is 7.51. The monoisotopic (exact) mass is 271 g/mol. The highest BCUT2D eigenvalue weighted by Gasteiger charge is 2.51. The smallest absolute Gasteiger partial charge is 0.328 e. The van der Waals surface area contributed by atoms with Crippen molar-refractivity contribution in [2.24, 2.45) is 11.8 Å². The normalized spacial score (nSPS) is 19.8. The lowest BCUT2D eigenvalue weighted by atomic mass is 9.94. The molecule has 4 heteroatoms. The van der Waals surface area contributed by atoms with Gasteiger partial charge in [-0.2, -0.15) is 0 Å². The van der Waals surface area contributed by atoms with Crippen LogP contribution in [-0.4, -0.2) is 38.4 Å². The van der Waals surface area contributed by atoms with Crippen molar-refractivity contribution in [1.82, 2.24) is 5.32 Å². The Morgan fingerprint density at radius 2 is 2.11 bits per heavy atom. The Morgan fingerprint density at radius 3 is 2.58 bits per heavy atom. The third-order valence-electron chi connectivity index (χ3n) is 3.83. The molecule has 0 saturated heterocycles. The zero-order valence-electron chi connectivity index (χ0n) is 12.8. The van der Waals surface area contributed by atoms with Gasteiger partial charge in [0.1, 0.15) is 5.54 Å². The summed E-state index contributed by atoms with van der Waals surface area (Å²) < 4.78 is 10.8. The Kier molecular flexibility index (Phi) is 6.80. The lowest BCUT2D eigenvalue weighted by Gasteiger charge is -2.32. The molecule has 0 spiro atoms. The maximum Gasteiger partial charge on any atom is 0.328 e. The Morgan fingerprint density at radius 1 is 1.42 bits per heavy atom. The minimum Gasteiger partial charge on any atom is -0.468 e. The minimum atomic E-state index is -0.630. The molecule has 1 N–H and O–H groups in total. The van der Waals surface area contributed by atoms with Gasteiger partial charge >= 0.3 is 5.97 Å². The van der Waals surface area contributed by atoms with Gasteiger partial charge in [-0.05, 0) is 37.6 Å². The van der Waals surface area contributed by atoms with Crippen LogP contribution in [0.4, 0.5) is 0 Å². The first kappa shape index (κ1) is 16.4. The Bertz CT molecular complexity index is 279. The average Bonchev–Trinajstić information content (AvgIpc) is 3.21. The summed E-state index contributed by atoms with van der Waals surface area (Å²) in [7, 11) is 1.45. The van der Waals surface area contributed by atoms with Gasteiger partial charge < -0.3 is 9.47 Å². The molecule has 1 aliphatic rings. The molecule has 1 saturated carbocycles. The number of hydrogen-bond donors (Lipinski definition) is 1. The molecule has 112 valence electrons. The highest BCUT2D eigenvalue weighted by molar-refractivity contribution is 5.82. The van der Waals surface area contributed by atoms with Gasteiger partial charge in [-0.3, -0.25) is 5.32 Å². The third kappa shape index (κ3) is 4.46. The van der Waals surface area contributed by atoms with Gasteiger partial charge in [0.15, 0.2) is 0 Å². The molecular weight excluding hydrogens is 242 g/mol. The van der Waals surface area contributed by atoms with E-state index in [2.05, 4.69) is 19.2 Å². The minimum absolute atomic E-state index is 0.181. The maximum absolute atomic E-state index is 12.1.